The molecule has 0 unspecified atom stereocenters. The van der Waals surface area contributed by atoms with Crippen molar-refractivity contribution in [3.05, 3.63) is 65.9 Å². The van der Waals surface area contributed by atoms with Crippen molar-refractivity contribution in [3.63, 3.8) is 0 Å². The van der Waals surface area contributed by atoms with E-state index in [4.69, 9.17) is 9.47 Å². The smallest absolute Gasteiger partial charge is 0.194 e. The van der Waals surface area contributed by atoms with E-state index in [0.29, 0.717) is 23.9 Å². The summed E-state index contributed by atoms with van der Waals surface area (Å²) in [5, 5.41) is 0. The zero-order chi connectivity index (χ0) is 15.8. The van der Waals surface area contributed by atoms with Crippen LogP contribution in [-0.4, -0.2) is 12.4 Å². The number of para-hydroxylation sites is 2. The fourth-order valence-corrected chi connectivity index (χ4v) is 1.89. The van der Waals surface area contributed by atoms with Gasteiger partial charge in [0.15, 0.2) is 23.0 Å². The largest absolute Gasteiger partial charge is 0.490 e. The zero-order valence-electron chi connectivity index (χ0n) is 12.9. The van der Waals surface area contributed by atoms with Crippen LogP contribution in [0, 0.1) is 0 Å². The van der Waals surface area contributed by atoms with Crippen molar-refractivity contribution in [2.45, 2.75) is 20.3 Å². The summed E-state index contributed by atoms with van der Waals surface area (Å²) >= 11 is 0. The molecule has 0 spiro atoms. The van der Waals surface area contributed by atoms with E-state index in [0.717, 1.165) is 12.0 Å². The van der Waals surface area contributed by atoms with E-state index in [1.54, 1.807) is 12.1 Å². The van der Waals surface area contributed by atoms with Crippen LogP contribution < -0.4 is 9.47 Å². The molecular formula is C19H20O3. The van der Waals surface area contributed by atoms with Crippen LogP contribution in [0.15, 0.2) is 60.4 Å². The molecule has 0 saturated carbocycles. The predicted octanol–water partition coefficient (Wildman–Crippen LogP) is 4.48. The number of carbonyl (C=O) groups is 1. The Morgan fingerprint density at radius 3 is 2.27 bits per heavy atom. The molecule has 0 heterocycles. The van der Waals surface area contributed by atoms with Crippen molar-refractivity contribution in [3.8, 4) is 11.5 Å². The van der Waals surface area contributed by atoms with Crippen LogP contribution >= 0.6 is 0 Å². The molecule has 0 aliphatic heterocycles. The average molecular weight is 296 g/mol. The third-order valence-electron chi connectivity index (χ3n) is 2.98. The number of hydrogen-bond donors (Lipinski definition) is 0. The highest BCUT2D eigenvalue weighted by Gasteiger charge is 2.11. The molecule has 0 N–H and O–H groups in total. The van der Waals surface area contributed by atoms with E-state index in [1.165, 1.54) is 6.92 Å². The maximum absolute atomic E-state index is 11.8. The van der Waals surface area contributed by atoms with Crippen LogP contribution in [0.4, 0.5) is 0 Å². The first-order chi connectivity index (χ1) is 10.7. The van der Waals surface area contributed by atoms with Crippen molar-refractivity contribution in [2.75, 3.05) is 6.61 Å². The lowest BCUT2D eigenvalue weighted by Gasteiger charge is -2.13. The van der Waals surface area contributed by atoms with Crippen LogP contribution in [0.25, 0.3) is 6.08 Å². The number of carbonyl (C=O) groups excluding carboxylic acids is 1. The lowest BCUT2D eigenvalue weighted by molar-refractivity contribution is -0.115. The van der Waals surface area contributed by atoms with E-state index >= 15 is 0 Å². The molecule has 0 bridgehead atoms. The van der Waals surface area contributed by atoms with Gasteiger partial charge in [-0.1, -0.05) is 49.4 Å². The second-order valence-corrected chi connectivity index (χ2v) is 4.87. The summed E-state index contributed by atoms with van der Waals surface area (Å²) in [5.41, 5.74) is 0.916. The predicted molar refractivity (Wildman–Crippen MR) is 88.0 cm³/mol. The van der Waals surface area contributed by atoms with Crippen LogP contribution in [0.2, 0.25) is 0 Å². The number of hydrogen-bond acceptors (Lipinski definition) is 3. The number of allylic oxidation sites excluding steroid dienone is 1. The Morgan fingerprint density at radius 2 is 1.64 bits per heavy atom. The Bertz CT molecular complexity index is 645. The molecule has 2 aromatic carbocycles. The molecule has 2 rings (SSSR count). The van der Waals surface area contributed by atoms with E-state index in [2.05, 4.69) is 0 Å². The molecule has 0 aliphatic rings. The molecule has 114 valence electrons. The molecule has 3 nitrogen and oxygen atoms in total. The van der Waals surface area contributed by atoms with Gasteiger partial charge in [0.2, 0.25) is 0 Å². The van der Waals surface area contributed by atoms with Gasteiger partial charge in [-0.3, -0.25) is 4.79 Å². The van der Waals surface area contributed by atoms with Crippen molar-refractivity contribution in [2.24, 2.45) is 0 Å². The maximum atomic E-state index is 11.8. The van der Waals surface area contributed by atoms with E-state index in [1.807, 2.05) is 55.5 Å². The van der Waals surface area contributed by atoms with Gasteiger partial charge in [0.1, 0.15) is 0 Å². The molecule has 0 atom stereocenters. The number of ether oxygens (including phenoxy) is 2. The SMILES string of the molecule is CCCOc1ccccc1OC(=Cc1ccccc1)C(C)=O. The van der Waals surface area contributed by atoms with Gasteiger partial charge in [-0.05, 0) is 30.2 Å². The van der Waals surface area contributed by atoms with Crippen LogP contribution in [0.3, 0.4) is 0 Å². The molecular weight excluding hydrogens is 276 g/mol. The molecule has 0 amide bonds. The Labute approximate surface area is 131 Å². The lowest BCUT2D eigenvalue weighted by Crippen LogP contribution is -2.06. The molecule has 3 heteroatoms. The van der Waals surface area contributed by atoms with Gasteiger partial charge in [-0.15, -0.1) is 0 Å². The van der Waals surface area contributed by atoms with Gasteiger partial charge in [0.25, 0.3) is 0 Å². The number of rotatable bonds is 7. The Morgan fingerprint density at radius 1 is 1.00 bits per heavy atom. The van der Waals surface area contributed by atoms with Gasteiger partial charge < -0.3 is 9.47 Å². The number of benzene rings is 2. The molecule has 0 fully saturated rings. The van der Waals surface area contributed by atoms with Gasteiger partial charge >= 0.3 is 0 Å². The van der Waals surface area contributed by atoms with Crippen molar-refractivity contribution >= 4 is 11.9 Å². The fraction of sp³-hybridized carbons (Fsp3) is 0.211. The Balaban J connectivity index is 2.26. The van der Waals surface area contributed by atoms with Crippen LogP contribution in [0.1, 0.15) is 25.8 Å². The molecule has 22 heavy (non-hydrogen) atoms. The van der Waals surface area contributed by atoms with Gasteiger partial charge in [-0.2, -0.15) is 0 Å². The highest BCUT2D eigenvalue weighted by Crippen LogP contribution is 2.29. The topological polar surface area (TPSA) is 35.5 Å². The summed E-state index contributed by atoms with van der Waals surface area (Å²) in [6.45, 7) is 4.14. The van der Waals surface area contributed by atoms with E-state index in [9.17, 15) is 4.79 Å². The Kier molecular flexibility index (Phi) is 5.78. The summed E-state index contributed by atoms with van der Waals surface area (Å²) < 4.78 is 11.4. The van der Waals surface area contributed by atoms with E-state index < -0.39 is 0 Å². The summed E-state index contributed by atoms with van der Waals surface area (Å²) in [6, 6.07) is 17.0. The number of Topliss-reactive ketones (excluding diaryl/α,β-unsaturated/α-hetero) is 1. The fourth-order valence-electron chi connectivity index (χ4n) is 1.89. The average Bonchev–Trinajstić information content (AvgIpc) is 2.54. The second kappa shape index (κ2) is 8.03. The van der Waals surface area contributed by atoms with Gasteiger partial charge in [0.05, 0.1) is 6.61 Å². The molecule has 0 aromatic heterocycles. The zero-order valence-corrected chi connectivity index (χ0v) is 12.9. The molecule has 2 aromatic rings. The highest BCUT2D eigenvalue weighted by atomic mass is 16.5. The van der Waals surface area contributed by atoms with Crippen molar-refractivity contribution in [1.29, 1.82) is 0 Å². The first-order valence-electron chi connectivity index (χ1n) is 7.38. The third kappa shape index (κ3) is 4.48. The second-order valence-electron chi connectivity index (χ2n) is 4.87. The summed E-state index contributed by atoms with van der Waals surface area (Å²) in [7, 11) is 0. The normalized spacial score (nSPS) is 11.1. The highest BCUT2D eigenvalue weighted by molar-refractivity contribution is 5.96. The first-order valence-corrected chi connectivity index (χ1v) is 7.38. The summed E-state index contributed by atoms with van der Waals surface area (Å²) in [6.07, 6.45) is 2.65. The van der Waals surface area contributed by atoms with Crippen LogP contribution in [0.5, 0.6) is 11.5 Å². The van der Waals surface area contributed by atoms with Crippen molar-refractivity contribution < 1.29 is 14.3 Å². The Hall–Kier alpha value is -2.55. The minimum absolute atomic E-state index is 0.130. The minimum atomic E-state index is -0.130. The standard InChI is InChI=1S/C19H20O3/c1-3-13-21-17-11-7-8-12-18(17)22-19(15(2)20)14-16-9-5-4-6-10-16/h4-12,14H,3,13H2,1-2H3. The maximum Gasteiger partial charge on any atom is 0.194 e. The first kappa shape index (κ1) is 15.8. The minimum Gasteiger partial charge on any atom is -0.490 e. The third-order valence-corrected chi connectivity index (χ3v) is 2.98. The monoisotopic (exact) mass is 296 g/mol. The molecule has 0 aliphatic carbocycles. The number of ketones is 1. The summed E-state index contributed by atoms with van der Waals surface area (Å²) in [5.74, 6) is 1.35. The van der Waals surface area contributed by atoms with Crippen LogP contribution in [-0.2, 0) is 4.79 Å². The summed E-state index contributed by atoms with van der Waals surface area (Å²) in [4.78, 5) is 11.8. The van der Waals surface area contributed by atoms with Gasteiger partial charge in [0, 0.05) is 6.92 Å². The molecule has 0 radical (unpaired) electrons. The lowest BCUT2D eigenvalue weighted by atomic mass is 10.2. The quantitative estimate of drug-likeness (QED) is 0.558. The van der Waals surface area contributed by atoms with Crippen molar-refractivity contribution in [1.82, 2.24) is 0 Å². The molecule has 0 saturated heterocycles. The van der Waals surface area contributed by atoms with Gasteiger partial charge in [-0.25, -0.2) is 0 Å². The van der Waals surface area contributed by atoms with E-state index in [-0.39, 0.29) is 5.78 Å².